The summed E-state index contributed by atoms with van der Waals surface area (Å²) in [6.45, 7) is 8.17. The SMILES string of the molecule is Cc1ccc(OCCOC(=O)C(C)(C)C)cc1. The lowest BCUT2D eigenvalue weighted by molar-refractivity contribution is -0.153. The topological polar surface area (TPSA) is 35.5 Å². The monoisotopic (exact) mass is 236 g/mol. The quantitative estimate of drug-likeness (QED) is 0.595. The number of hydrogen-bond acceptors (Lipinski definition) is 3. The Morgan fingerprint density at radius 3 is 2.24 bits per heavy atom. The van der Waals surface area contributed by atoms with E-state index in [2.05, 4.69) is 0 Å². The lowest BCUT2D eigenvalue weighted by atomic mass is 9.97. The van der Waals surface area contributed by atoms with Crippen LogP contribution >= 0.6 is 0 Å². The number of aryl methyl sites for hydroxylation is 1. The summed E-state index contributed by atoms with van der Waals surface area (Å²) in [5, 5.41) is 0. The Labute approximate surface area is 103 Å². The summed E-state index contributed by atoms with van der Waals surface area (Å²) in [5.41, 5.74) is 0.737. The number of benzene rings is 1. The highest BCUT2D eigenvalue weighted by molar-refractivity contribution is 5.75. The zero-order valence-electron chi connectivity index (χ0n) is 10.9. The van der Waals surface area contributed by atoms with Crippen LogP contribution in [-0.4, -0.2) is 19.2 Å². The van der Waals surface area contributed by atoms with Crippen molar-refractivity contribution in [2.75, 3.05) is 13.2 Å². The van der Waals surface area contributed by atoms with Gasteiger partial charge in [0.1, 0.15) is 19.0 Å². The molecular formula is C14H20O3. The lowest BCUT2D eigenvalue weighted by Gasteiger charge is -2.16. The standard InChI is InChI=1S/C14H20O3/c1-11-5-7-12(8-6-11)16-9-10-17-13(15)14(2,3)4/h5-8H,9-10H2,1-4H3. The van der Waals surface area contributed by atoms with Crippen LogP contribution in [0.5, 0.6) is 5.75 Å². The Hall–Kier alpha value is -1.51. The molecule has 0 amide bonds. The van der Waals surface area contributed by atoms with Gasteiger partial charge in [-0.05, 0) is 39.8 Å². The molecule has 0 radical (unpaired) electrons. The van der Waals surface area contributed by atoms with Crippen LogP contribution in [0.1, 0.15) is 26.3 Å². The molecule has 0 saturated heterocycles. The second-order valence-electron chi connectivity index (χ2n) is 5.05. The van der Waals surface area contributed by atoms with Crippen LogP contribution in [0.2, 0.25) is 0 Å². The maximum absolute atomic E-state index is 11.4. The third kappa shape index (κ3) is 4.89. The molecule has 1 rings (SSSR count). The highest BCUT2D eigenvalue weighted by Gasteiger charge is 2.22. The number of carbonyl (C=O) groups is 1. The molecule has 1 aromatic carbocycles. The van der Waals surface area contributed by atoms with Crippen LogP contribution in [0.4, 0.5) is 0 Å². The van der Waals surface area contributed by atoms with Crippen LogP contribution in [0.3, 0.4) is 0 Å². The summed E-state index contributed by atoms with van der Waals surface area (Å²) in [4.78, 5) is 11.4. The van der Waals surface area contributed by atoms with Crippen LogP contribution in [-0.2, 0) is 9.53 Å². The van der Waals surface area contributed by atoms with E-state index >= 15 is 0 Å². The van der Waals surface area contributed by atoms with Crippen molar-refractivity contribution < 1.29 is 14.3 Å². The average molecular weight is 236 g/mol. The van der Waals surface area contributed by atoms with E-state index in [1.165, 1.54) is 5.56 Å². The average Bonchev–Trinajstić information content (AvgIpc) is 2.25. The molecule has 94 valence electrons. The molecule has 0 aromatic heterocycles. The van der Waals surface area contributed by atoms with Gasteiger partial charge < -0.3 is 9.47 Å². The van der Waals surface area contributed by atoms with Crippen molar-refractivity contribution in [3.8, 4) is 5.75 Å². The zero-order chi connectivity index (χ0) is 12.9. The predicted molar refractivity (Wildman–Crippen MR) is 67.1 cm³/mol. The third-order valence-corrected chi connectivity index (χ3v) is 2.22. The number of hydrogen-bond donors (Lipinski definition) is 0. The fourth-order valence-electron chi connectivity index (χ4n) is 1.14. The number of rotatable bonds is 4. The molecule has 0 atom stereocenters. The van der Waals surface area contributed by atoms with Gasteiger partial charge in [0.25, 0.3) is 0 Å². The largest absolute Gasteiger partial charge is 0.490 e. The Kier molecular flexibility index (Phi) is 4.55. The molecule has 0 unspecified atom stereocenters. The molecule has 17 heavy (non-hydrogen) atoms. The van der Waals surface area contributed by atoms with Gasteiger partial charge in [0.2, 0.25) is 0 Å². The summed E-state index contributed by atoms with van der Waals surface area (Å²) < 4.78 is 10.5. The van der Waals surface area contributed by atoms with Crippen LogP contribution in [0.25, 0.3) is 0 Å². The molecule has 0 saturated carbocycles. The molecule has 0 bridgehead atoms. The van der Waals surface area contributed by atoms with Crippen molar-refractivity contribution in [1.82, 2.24) is 0 Å². The summed E-state index contributed by atoms with van der Waals surface area (Å²) >= 11 is 0. The molecule has 1 aromatic rings. The number of esters is 1. The maximum atomic E-state index is 11.4. The minimum Gasteiger partial charge on any atom is -0.490 e. The predicted octanol–water partition coefficient (Wildman–Crippen LogP) is 2.96. The highest BCUT2D eigenvalue weighted by atomic mass is 16.6. The molecule has 0 aliphatic rings. The first-order valence-electron chi connectivity index (χ1n) is 5.76. The van der Waals surface area contributed by atoms with Gasteiger partial charge in [0, 0.05) is 0 Å². The molecule has 3 nitrogen and oxygen atoms in total. The first-order valence-corrected chi connectivity index (χ1v) is 5.76. The van der Waals surface area contributed by atoms with E-state index in [-0.39, 0.29) is 12.6 Å². The summed E-state index contributed by atoms with van der Waals surface area (Å²) in [6, 6.07) is 7.77. The minimum atomic E-state index is -0.455. The fourth-order valence-corrected chi connectivity index (χ4v) is 1.14. The van der Waals surface area contributed by atoms with Crippen molar-refractivity contribution in [2.45, 2.75) is 27.7 Å². The van der Waals surface area contributed by atoms with E-state index < -0.39 is 5.41 Å². The molecule has 0 heterocycles. The van der Waals surface area contributed by atoms with Gasteiger partial charge in [-0.25, -0.2) is 0 Å². The first-order chi connectivity index (χ1) is 7.89. The van der Waals surface area contributed by atoms with E-state index in [9.17, 15) is 4.79 Å². The zero-order valence-corrected chi connectivity index (χ0v) is 10.9. The molecule has 0 N–H and O–H groups in total. The van der Waals surface area contributed by atoms with E-state index in [0.29, 0.717) is 6.61 Å². The van der Waals surface area contributed by atoms with E-state index in [4.69, 9.17) is 9.47 Å². The van der Waals surface area contributed by atoms with Crippen molar-refractivity contribution in [3.05, 3.63) is 29.8 Å². The van der Waals surface area contributed by atoms with Crippen molar-refractivity contribution >= 4 is 5.97 Å². The van der Waals surface area contributed by atoms with E-state index in [1.807, 2.05) is 52.0 Å². The summed E-state index contributed by atoms with van der Waals surface area (Å²) in [7, 11) is 0. The Bertz CT molecular complexity index is 360. The van der Waals surface area contributed by atoms with Crippen LogP contribution in [0.15, 0.2) is 24.3 Å². The molecule has 3 heteroatoms. The van der Waals surface area contributed by atoms with Gasteiger partial charge in [-0.1, -0.05) is 17.7 Å². The maximum Gasteiger partial charge on any atom is 0.311 e. The van der Waals surface area contributed by atoms with Gasteiger partial charge in [0.05, 0.1) is 5.41 Å². The van der Waals surface area contributed by atoms with E-state index in [0.717, 1.165) is 5.75 Å². The van der Waals surface area contributed by atoms with Crippen molar-refractivity contribution in [2.24, 2.45) is 5.41 Å². The second-order valence-corrected chi connectivity index (χ2v) is 5.05. The van der Waals surface area contributed by atoms with E-state index in [1.54, 1.807) is 0 Å². The molecule has 0 aliphatic heterocycles. The third-order valence-electron chi connectivity index (χ3n) is 2.22. The Morgan fingerprint density at radius 1 is 1.12 bits per heavy atom. The first kappa shape index (κ1) is 13.6. The molecule has 0 fully saturated rings. The number of ether oxygens (including phenoxy) is 2. The lowest BCUT2D eigenvalue weighted by Crippen LogP contribution is -2.24. The van der Waals surface area contributed by atoms with Gasteiger partial charge in [-0.2, -0.15) is 0 Å². The highest BCUT2D eigenvalue weighted by Crippen LogP contribution is 2.15. The van der Waals surface area contributed by atoms with Crippen molar-refractivity contribution in [3.63, 3.8) is 0 Å². The van der Waals surface area contributed by atoms with Crippen LogP contribution < -0.4 is 4.74 Å². The van der Waals surface area contributed by atoms with Gasteiger partial charge in [0.15, 0.2) is 0 Å². The summed E-state index contributed by atoms with van der Waals surface area (Å²) in [6.07, 6.45) is 0. The Balaban J connectivity index is 2.25. The second kappa shape index (κ2) is 5.71. The normalized spacial score (nSPS) is 11.1. The smallest absolute Gasteiger partial charge is 0.311 e. The summed E-state index contributed by atoms with van der Waals surface area (Å²) in [5.74, 6) is 0.590. The van der Waals surface area contributed by atoms with Gasteiger partial charge in [-0.15, -0.1) is 0 Å². The molecule has 0 aliphatic carbocycles. The van der Waals surface area contributed by atoms with Gasteiger partial charge in [-0.3, -0.25) is 4.79 Å². The van der Waals surface area contributed by atoms with Crippen LogP contribution in [0, 0.1) is 12.3 Å². The molecule has 0 spiro atoms. The fraction of sp³-hybridized carbons (Fsp3) is 0.500. The van der Waals surface area contributed by atoms with Gasteiger partial charge >= 0.3 is 5.97 Å². The minimum absolute atomic E-state index is 0.204. The van der Waals surface area contributed by atoms with Crippen molar-refractivity contribution in [1.29, 1.82) is 0 Å². The number of carbonyl (C=O) groups excluding carboxylic acids is 1. The molecular weight excluding hydrogens is 216 g/mol. The Morgan fingerprint density at radius 2 is 1.71 bits per heavy atom.